The summed E-state index contributed by atoms with van der Waals surface area (Å²) in [6.45, 7) is 1.82. The van der Waals surface area contributed by atoms with Gasteiger partial charge in [-0.05, 0) is 12.1 Å². The van der Waals surface area contributed by atoms with Gasteiger partial charge in [-0.1, -0.05) is 54.2 Å². The molecular weight excluding hydrogens is 416 g/mol. The Bertz CT molecular complexity index is 1020. The molecule has 5 rings (SSSR count). The summed E-state index contributed by atoms with van der Waals surface area (Å²) >= 11 is 1.34. The summed E-state index contributed by atoms with van der Waals surface area (Å²) < 4.78 is 11.3. The Morgan fingerprint density at radius 1 is 1.03 bits per heavy atom. The van der Waals surface area contributed by atoms with Crippen molar-refractivity contribution in [1.29, 1.82) is 0 Å². The zero-order chi connectivity index (χ0) is 21.4. The molecule has 3 aliphatic heterocycles. The van der Waals surface area contributed by atoms with Crippen LogP contribution < -0.4 is 4.90 Å². The van der Waals surface area contributed by atoms with Crippen LogP contribution >= 0.6 is 11.8 Å². The molecule has 2 aromatic carbocycles. The minimum Gasteiger partial charge on any atom is -0.445 e. The fourth-order valence-corrected chi connectivity index (χ4v) is 5.71. The number of hydrogen-bond acceptors (Lipinski definition) is 6. The monoisotopic (exact) mass is 438 g/mol. The van der Waals surface area contributed by atoms with Crippen LogP contribution in [0.25, 0.3) is 0 Å². The van der Waals surface area contributed by atoms with E-state index >= 15 is 0 Å². The Balaban J connectivity index is 1.46. The third kappa shape index (κ3) is 3.40. The van der Waals surface area contributed by atoms with Crippen molar-refractivity contribution in [2.45, 2.75) is 28.7 Å². The number of amides is 2. The van der Waals surface area contributed by atoms with Crippen molar-refractivity contribution in [1.82, 2.24) is 4.90 Å². The summed E-state index contributed by atoms with van der Waals surface area (Å²) in [7, 11) is 0. The number of hydrogen-bond donors (Lipinski definition) is 0. The number of morpholine rings is 1. The van der Waals surface area contributed by atoms with Crippen LogP contribution in [0.15, 0.2) is 59.5 Å². The lowest BCUT2D eigenvalue weighted by Crippen LogP contribution is -2.50. The smallest absolute Gasteiger partial charge is 0.344 e. The number of fused-ring (bicyclic) bond motifs is 3. The van der Waals surface area contributed by atoms with Gasteiger partial charge in [0.2, 0.25) is 12.0 Å². The molecule has 160 valence electrons. The van der Waals surface area contributed by atoms with Crippen molar-refractivity contribution >= 4 is 35.2 Å². The minimum atomic E-state index is -1.17. The van der Waals surface area contributed by atoms with E-state index in [1.54, 1.807) is 21.9 Å². The number of benzene rings is 2. The minimum absolute atomic E-state index is 0.106. The summed E-state index contributed by atoms with van der Waals surface area (Å²) in [5.41, 5.74) is 1.34. The van der Waals surface area contributed by atoms with Crippen LogP contribution in [0.4, 0.5) is 5.69 Å². The van der Waals surface area contributed by atoms with E-state index in [1.165, 1.54) is 11.8 Å². The Kier molecular flexibility index (Phi) is 5.19. The molecule has 31 heavy (non-hydrogen) atoms. The van der Waals surface area contributed by atoms with E-state index in [-0.39, 0.29) is 18.2 Å². The maximum atomic E-state index is 13.6. The second-order valence-corrected chi connectivity index (χ2v) is 9.04. The third-order valence-electron chi connectivity index (χ3n) is 5.87. The van der Waals surface area contributed by atoms with Gasteiger partial charge in [0.15, 0.2) is 4.87 Å². The number of thioether (sulfide) groups is 1. The molecule has 0 spiro atoms. The summed E-state index contributed by atoms with van der Waals surface area (Å²) in [5.74, 6) is -0.934. The number of anilines is 1. The molecule has 0 aliphatic carbocycles. The lowest BCUT2D eigenvalue weighted by molar-refractivity contribution is -0.164. The van der Waals surface area contributed by atoms with Gasteiger partial charge in [0.1, 0.15) is 0 Å². The lowest BCUT2D eigenvalue weighted by atomic mass is 10.1. The van der Waals surface area contributed by atoms with Gasteiger partial charge in [-0.2, -0.15) is 0 Å². The Morgan fingerprint density at radius 3 is 2.52 bits per heavy atom. The van der Waals surface area contributed by atoms with Crippen LogP contribution in [-0.2, 0) is 23.9 Å². The zero-order valence-electron chi connectivity index (χ0n) is 16.9. The highest BCUT2D eigenvalue weighted by Gasteiger charge is 2.59. The number of ether oxygens (including phenoxy) is 2. The van der Waals surface area contributed by atoms with Crippen LogP contribution in [0.5, 0.6) is 0 Å². The summed E-state index contributed by atoms with van der Waals surface area (Å²) in [4.78, 5) is 42.5. The summed E-state index contributed by atoms with van der Waals surface area (Å²) in [6.07, 6.45) is -0.454. The van der Waals surface area contributed by atoms with E-state index in [0.717, 1.165) is 10.6 Å². The van der Waals surface area contributed by atoms with Crippen molar-refractivity contribution in [3.05, 3.63) is 60.2 Å². The maximum absolute atomic E-state index is 13.6. The van der Waals surface area contributed by atoms with Gasteiger partial charge in [-0.3, -0.25) is 14.5 Å². The summed E-state index contributed by atoms with van der Waals surface area (Å²) in [6, 6.07) is 16.5. The van der Waals surface area contributed by atoms with Crippen molar-refractivity contribution in [2.24, 2.45) is 0 Å². The van der Waals surface area contributed by atoms with Gasteiger partial charge in [0.05, 0.1) is 18.9 Å². The maximum Gasteiger partial charge on any atom is 0.344 e. The van der Waals surface area contributed by atoms with Gasteiger partial charge in [0, 0.05) is 36.4 Å². The Morgan fingerprint density at radius 2 is 1.74 bits per heavy atom. The van der Waals surface area contributed by atoms with Crippen molar-refractivity contribution in [2.75, 3.05) is 31.2 Å². The first-order valence-corrected chi connectivity index (χ1v) is 11.2. The van der Waals surface area contributed by atoms with E-state index in [4.69, 9.17) is 9.47 Å². The standard InChI is InChI=1S/C23H22N2O5S/c26-19-10-11-23(25(19)17-8-4-5-9-18(17)31-23)22(28)30-20(16-6-2-1-3-7-16)21(27)24-12-14-29-15-13-24/h1-9,20H,10-15H2/t20-,23-/m1/s1. The Hall–Kier alpha value is -2.84. The van der Waals surface area contributed by atoms with E-state index in [0.29, 0.717) is 38.3 Å². The highest BCUT2D eigenvalue weighted by Crippen LogP contribution is 2.56. The molecule has 7 nitrogen and oxygen atoms in total. The average molecular weight is 439 g/mol. The lowest BCUT2D eigenvalue weighted by Gasteiger charge is -2.33. The SMILES string of the molecule is O=C([C@H](OC(=O)[C@]12CCC(=O)N1c1ccccc1S2)c1ccccc1)N1CCOCC1. The molecule has 8 heteroatoms. The molecule has 0 saturated carbocycles. The largest absolute Gasteiger partial charge is 0.445 e. The van der Waals surface area contributed by atoms with Crippen LogP contribution in [-0.4, -0.2) is 53.9 Å². The molecule has 0 aromatic heterocycles. The number of esters is 1. The van der Waals surface area contributed by atoms with Crippen LogP contribution in [0.2, 0.25) is 0 Å². The predicted octanol–water partition coefficient (Wildman–Crippen LogP) is 2.76. The van der Waals surface area contributed by atoms with E-state index in [2.05, 4.69) is 0 Å². The highest BCUT2D eigenvalue weighted by atomic mass is 32.2. The molecule has 0 N–H and O–H groups in total. The average Bonchev–Trinajstić information content (AvgIpc) is 3.33. The van der Waals surface area contributed by atoms with Gasteiger partial charge in [0.25, 0.3) is 5.91 Å². The number of carbonyl (C=O) groups is 3. The van der Waals surface area contributed by atoms with Gasteiger partial charge in [-0.25, -0.2) is 4.79 Å². The molecule has 2 atom stereocenters. The van der Waals surface area contributed by atoms with Crippen LogP contribution in [0, 0.1) is 0 Å². The summed E-state index contributed by atoms with van der Waals surface area (Å²) in [5, 5.41) is 0. The molecule has 2 amide bonds. The second kappa shape index (κ2) is 8.01. The van der Waals surface area contributed by atoms with Gasteiger partial charge >= 0.3 is 5.97 Å². The first-order chi connectivity index (χ1) is 15.1. The van der Waals surface area contributed by atoms with Crippen molar-refractivity contribution in [3.8, 4) is 0 Å². The first-order valence-electron chi connectivity index (χ1n) is 10.3. The fraction of sp³-hybridized carbons (Fsp3) is 0.348. The number of carbonyl (C=O) groups excluding carboxylic acids is 3. The zero-order valence-corrected chi connectivity index (χ0v) is 17.7. The van der Waals surface area contributed by atoms with Gasteiger partial charge in [-0.15, -0.1) is 0 Å². The Labute approximate surface area is 184 Å². The topological polar surface area (TPSA) is 76.2 Å². The number of rotatable bonds is 4. The molecule has 0 unspecified atom stereocenters. The normalized spacial score (nSPS) is 23.3. The fourth-order valence-electron chi connectivity index (χ4n) is 4.31. The highest BCUT2D eigenvalue weighted by molar-refractivity contribution is 8.02. The van der Waals surface area contributed by atoms with Crippen LogP contribution in [0.1, 0.15) is 24.5 Å². The quantitative estimate of drug-likeness (QED) is 0.684. The molecule has 3 heterocycles. The van der Waals surface area contributed by atoms with E-state index < -0.39 is 16.9 Å². The molecule has 0 bridgehead atoms. The van der Waals surface area contributed by atoms with Crippen molar-refractivity contribution < 1.29 is 23.9 Å². The predicted molar refractivity (Wildman–Crippen MR) is 114 cm³/mol. The second-order valence-electron chi connectivity index (χ2n) is 7.72. The third-order valence-corrected chi connectivity index (χ3v) is 7.32. The van der Waals surface area contributed by atoms with Crippen LogP contribution in [0.3, 0.4) is 0 Å². The molecule has 3 aliphatic rings. The molecule has 0 radical (unpaired) electrons. The molecular formula is C23H22N2O5S. The number of nitrogens with zero attached hydrogens (tertiary/aromatic N) is 2. The molecule has 2 saturated heterocycles. The molecule has 2 aromatic rings. The first kappa shape index (κ1) is 20.1. The number of para-hydroxylation sites is 1. The van der Waals surface area contributed by atoms with Gasteiger partial charge < -0.3 is 14.4 Å². The van der Waals surface area contributed by atoms with E-state index in [9.17, 15) is 14.4 Å². The van der Waals surface area contributed by atoms with E-state index in [1.807, 2.05) is 42.5 Å². The molecule has 2 fully saturated rings. The van der Waals surface area contributed by atoms with Crippen molar-refractivity contribution in [3.63, 3.8) is 0 Å².